The third-order valence-electron chi connectivity index (χ3n) is 2.50. The zero-order valence-electron chi connectivity index (χ0n) is 8.30. The summed E-state index contributed by atoms with van der Waals surface area (Å²) in [4.78, 5) is 9.95. The summed E-state index contributed by atoms with van der Waals surface area (Å²) < 4.78 is 18.5. The van der Waals surface area contributed by atoms with Crippen LogP contribution >= 0.6 is 0 Å². The predicted octanol–water partition coefficient (Wildman–Crippen LogP) is 1.64. The molecule has 1 saturated carbocycles. The van der Waals surface area contributed by atoms with Crippen LogP contribution in [0.15, 0.2) is 18.2 Å². The zero-order valence-corrected chi connectivity index (χ0v) is 8.30. The number of halogens is 1. The Bertz CT molecular complexity index is 417. The zero-order chi connectivity index (χ0) is 11.7. The molecule has 1 aliphatic carbocycles. The van der Waals surface area contributed by atoms with Gasteiger partial charge in [0.05, 0.1) is 11.0 Å². The number of hydrogen-bond donors (Lipinski definition) is 1. The van der Waals surface area contributed by atoms with Crippen molar-refractivity contribution >= 4 is 5.69 Å². The molecular formula is C10H10FNO4. The minimum Gasteiger partial charge on any atom is -0.481 e. The Morgan fingerprint density at radius 1 is 1.50 bits per heavy atom. The Labute approximate surface area is 90.6 Å². The summed E-state index contributed by atoms with van der Waals surface area (Å²) >= 11 is 0. The van der Waals surface area contributed by atoms with Gasteiger partial charge in [0.15, 0.2) is 5.82 Å². The molecule has 0 aromatic heterocycles. The van der Waals surface area contributed by atoms with E-state index in [2.05, 4.69) is 0 Å². The van der Waals surface area contributed by atoms with E-state index in [1.54, 1.807) is 0 Å². The first-order valence-electron chi connectivity index (χ1n) is 4.85. The maximum atomic E-state index is 13.3. The van der Waals surface area contributed by atoms with Crippen LogP contribution in [0.25, 0.3) is 0 Å². The molecule has 0 atom stereocenters. The Kier molecular flexibility index (Phi) is 2.74. The second-order valence-electron chi connectivity index (χ2n) is 3.71. The van der Waals surface area contributed by atoms with Crippen LogP contribution in [0.1, 0.15) is 12.8 Å². The number of benzene rings is 1. The average molecular weight is 227 g/mol. The van der Waals surface area contributed by atoms with Crippen molar-refractivity contribution in [1.29, 1.82) is 0 Å². The van der Waals surface area contributed by atoms with E-state index in [1.165, 1.54) is 12.1 Å². The van der Waals surface area contributed by atoms with Gasteiger partial charge in [-0.25, -0.2) is 4.39 Å². The number of ether oxygens (including phenoxy) is 1. The highest BCUT2D eigenvalue weighted by Crippen LogP contribution is 2.34. The summed E-state index contributed by atoms with van der Waals surface area (Å²) in [5.74, 6) is -1.10. The fourth-order valence-electron chi connectivity index (χ4n) is 1.56. The van der Waals surface area contributed by atoms with Gasteiger partial charge in [-0.3, -0.25) is 10.1 Å². The third kappa shape index (κ3) is 1.96. The van der Waals surface area contributed by atoms with Gasteiger partial charge in [0.25, 0.3) is 0 Å². The number of nitrogens with zero attached hydrogens (tertiary/aromatic N) is 1. The van der Waals surface area contributed by atoms with Crippen molar-refractivity contribution in [2.24, 2.45) is 0 Å². The van der Waals surface area contributed by atoms with E-state index in [0.29, 0.717) is 12.8 Å². The average Bonchev–Trinajstić information content (AvgIpc) is 2.18. The molecule has 0 aliphatic heterocycles. The third-order valence-corrected chi connectivity index (χ3v) is 2.50. The number of aliphatic hydroxyl groups excluding tert-OH is 1. The smallest absolute Gasteiger partial charge is 0.314 e. The molecule has 0 radical (unpaired) electrons. The lowest BCUT2D eigenvalue weighted by molar-refractivity contribution is -0.386. The van der Waals surface area contributed by atoms with Crippen molar-refractivity contribution in [3.8, 4) is 5.75 Å². The molecule has 0 spiro atoms. The van der Waals surface area contributed by atoms with E-state index in [9.17, 15) is 14.5 Å². The quantitative estimate of drug-likeness (QED) is 0.629. The Morgan fingerprint density at radius 2 is 2.19 bits per heavy atom. The summed E-state index contributed by atoms with van der Waals surface area (Å²) in [7, 11) is 0. The molecule has 0 amide bonds. The molecule has 0 saturated heterocycles. The van der Waals surface area contributed by atoms with Crippen LogP contribution in [0.5, 0.6) is 5.75 Å². The minimum absolute atomic E-state index is 0.342. The fraction of sp³-hybridized carbons (Fsp3) is 0.400. The van der Waals surface area contributed by atoms with Gasteiger partial charge in [0, 0.05) is 18.9 Å². The second kappa shape index (κ2) is 4.05. The first kappa shape index (κ1) is 10.8. The molecule has 1 aliphatic rings. The number of hydrogen-bond acceptors (Lipinski definition) is 4. The summed E-state index contributed by atoms with van der Waals surface area (Å²) in [6.45, 7) is 0. The summed E-state index contributed by atoms with van der Waals surface area (Å²) in [5.41, 5.74) is -0.388. The normalized spacial score (nSPS) is 23.6. The Hall–Kier alpha value is -1.69. The molecule has 0 unspecified atom stereocenters. The van der Waals surface area contributed by atoms with E-state index in [1.807, 2.05) is 0 Å². The van der Waals surface area contributed by atoms with Crippen LogP contribution in [0.2, 0.25) is 0 Å². The molecule has 1 aromatic carbocycles. The van der Waals surface area contributed by atoms with Crippen LogP contribution in [-0.2, 0) is 0 Å². The van der Waals surface area contributed by atoms with Crippen LogP contribution in [0.4, 0.5) is 10.1 Å². The monoisotopic (exact) mass is 227 g/mol. The molecule has 5 nitrogen and oxygen atoms in total. The lowest BCUT2D eigenvalue weighted by Crippen LogP contribution is -2.37. The summed E-state index contributed by atoms with van der Waals surface area (Å²) in [6.07, 6.45) is -0.0295. The van der Waals surface area contributed by atoms with Gasteiger partial charge in [-0.1, -0.05) is 6.07 Å². The molecule has 86 valence electrons. The Balaban J connectivity index is 2.21. The lowest BCUT2D eigenvalue weighted by atomic mass is 9.92. The van der Waals surface area contributed by atoms with Crippen molar-refractivity contribution in [2.45, 2.75) is 25.0 Å². The molecular weight excluding hydrogens is 217 g/mol. The van der Waals surface area contributed by atoms with E-state index in [0.717, 1.165) is 6.07 Å². The Morgan fingerprint density at radius 3 is 2.75 bits per heavy atom. The van der Waals surface area contributed by atoms with Crippen molar-refractivity contribution in [3.05, 3.63) is 34.1 Å². The van der Waals surface area contributed by atoms with Crippen molar-refractivity contribution in [2.75, 3.05) is 0 Å². The summed E-state index contributed by atoms with van der Waals surface area (Å²) in [6, 6.07) is 3.56. The van der Waals surface area contributed by atoms with Gasteiger partial charge in [-0.15, -0.1) is 0 Å². The lowest BCUT2D eigenvalue weighted by Gasteiger charge is -2.31. The van der Waals surface area contributed by atoms with Crippen LogP contribution in [0, 0.1) is 15.9 Å². The molecule has 0 bridgehead atoms. The molecule has 2 rings (SSSR count). The highest BCUT2D eigenvalue weighted by atomic mass is 19.1. The number of nitro groups is 1. The van der Waals surface area contributed by atoms with Gasteiger partial charge in [-0.2, -0.15) is 0 Å². The molecule has 1 N–H and O–H groups in total. The van der Waals surface area contributed by atoms with Crippen LogP contribution < -0.4 is 4.74 Å². The number of para-hydroxylation sites is 1. The van der Waals surface area contributed by atoms with Crippen molar-refractivity contribution in [1.82, 2.24) is 0 Å². The highest BCUT2D eigenvalue weighted by molar-refractivity contribution is 5.47. The second-order valence-corrected chi connectivity index (χ2v) is 3.71. The van der Waals surface area contributed by atoms with Gasteiger partial charge in [-0.05, 0) is 6.07 Å². The van der Waals surface area contributed by atoms with Crippen molar-refractivity contribution in [3.63, 3.8) is 0 Å². The molecule has 6 heteroatoms. The van der Waals surface area contributed by atoms with Crippen LogP contribution in [0.3, 0.4) is 0 Å². The van der Waals surface area contributed by atoms with Crippen molar-refractivity contribution < 1.29 is 19.2 Å². The van der Waals surface area contributed by atoms with E-state index < -0.39 is 16.8 Å². The molecule has 1 aromatic rings. The maximum absolute atomic E-state index is 13.3. The number of rotatable bonds is 3. The highest BCUT2D eigenvalue weighted by Gasteiger charge is 2.32. The van der Waals surface area contributed by atoms with Gasteiger partial charge in [0.2, 0.25) is 5.75 Å². The first-order chi connectivity index (χ1) is 7.58. The van der Waals surface area contributed by atoms with Gasteiger partial charge in [0.1, 0.15) is 6.10 Å². The molecule has 16 heavy (non-hydrogen) atoms. The fourth-order valence-corrected chi connectivity index (χ4v) is 1.56. The first-order valence-corrected chi connectivity index (χ1v) is 4.85. The topological polar surface area (TPSA) is 72.6 Å². The minimum atomic E-state index is -0.754. The standard InChI is InChI=1S/C10H10FNO4/c11-8-2-1-3-9(12(14)15)10(8)16-7-4-6(13)5-7/h1-3,6-7,13H,4-5H2. The predicted molar refractivity (Wildman–Crippen MR) is 52.7 cm³/mol. The summed E-state index contributed by atoms with van der Waals surface area (Å²) in [5, 5.41) is 19.7. The number of nitro benzene ring substituents is 1. The van der Waals surface area contributed by atoms with E-state index in [4.69, 9.17) is 9.84 Å². The maximum Gasteiger partial charge on any atom is 0.314 e. The van der Waals surface area contributed by atoms with E-state index in [-0.39, 0.29) is 17.5 Å². The SMILES string of the molecule is O=[N+]([O-])c1cccc(F)c1OC1CC(O)C1. The number of aliphatic hydroxyl groups is 1. The van der Waals surface area contributed by atoms with Crippen LogP contribution in [-0.4, -0.2) is 22.2 Å². The van der Waals surface area contributed by atoms with Gasteiger partial charge >= 0.3 is 5.69 Å². The largest absolute Gasteiger partial charge is 0.481 e. The molecule has 1 fully saturated rings. The van der Waals surface area contributed by atoms with E-state index >= 15 is 0 Å². The molecule has 0 heterocycles. The van der Waals surface area contributed by atoms with Gasteiger partial charge < -0.3 is 9.84 Å².